The molecular formula is C22H23N3O3S. The van der Waals surface area contributed by atoms with E-state index in [0.29, 0.717) is 18.7 Å². The van der Waals surface area contributed by atoms with Crippen LogP contribution in [0.1, 0.15) is 30.9 Å². The molecule has 7 heteroatoms. The van der Waals surface area contributed by atoms with Gasteiger partial charge in [-0.1, -0.05) is 30.0 Å². The number of fused-ring (bicyclic) bond motifs is 1. The summed E-state index contributed by atoms with van der Waals surface area (Å²) in [6, 6.07) is 14.2. The second-order valence-corrected chi connectivity index (χ2v) is 8.19. The monoisotopic (exact) mass is 409 g/mol. The van der Waals surface area contributed by atoms with E-state index in [-0.39, 0.29) is 16.4 Å². The summed E-state index contributed by atoms with van der Waals surface area (Å²) in [7, 11) is 0. The maximum absolute atomic E-state index is 11.8. The third kappa shape index (κ3) is 4.29. The number of nitrogens with one attached hydrogen (secondary N) is 1. The van der Waals surface area contributed by atoms with Crippen molar-refractivity contribution < 1.29 is 14.0 Å². The summed E-state index contributed by atoms with van der Waals surface area (Å²) in [6.07, 6.45) is 1.12. The number of amides is 2. The first-order chi connectivity index (χ1) is 14.1. The molecule has 2 amide bonds. The van der Waals surface area contributed by atoms with E-state index in [2.05, 4.69) is 53.3 Å². The Kier molecular flexibility index (Phi) is 5.58. The first-order valence-electron chi connectivity index (χ1n) is 9.79. The van der Waals surface area contributed by atoms with Gasteiger partial charge in [-0.15, -0.1) is 0 Å². The molecular weight excluding hydrogens is 386 g/mol. The molecule has 2 aromatic carbocycles. The molecule has 1 saturated heterocycles. The number of anilines is 1. The van der Waals surface area contributed by atoms with Crippen molar-refractivity contribution in [3.05, 3.63) is 59.5 Å². The molecule has 1 aliphatic rings. The van der Waals surface area contributed by atoms with Crippen LogP contribution in [0, 0.1) is 0 Å². The Morgan fingerprint density at radius 2 is 1.79 bits per heavy atom. The zero-order valence-electron chi connectivity index (χ0n) is 16.5. The fourth-order valence-corrected chi connectivity index (χ4v) is 4.41. The van der Waals surface area contributed by atoms with Gasteiger partial charge in [0, 0.05) is 25.2 Å². The molecule has 1 unspecified atom stereocenters. The highest BCUT2D eigenvalue weighted by molar-refractivity contribution is 8.15. The van der Waals surface area contributed by atoms with Crippen molar-refractivity contribution in [3.8, 4) is 0 Å². The van der Waals surface area contributed by atoms with Crippen LogP contribution in [-0.2, 0) is 17.6 Å². The number of hydrogen-bond acceptors (Lipinski definition) is 6. The maximum Gasteiger partial charge on any atom is 0.286 e. The molecule has 2 heterocycles. The van der Waals surface area contributed by atoms with Gasteiger partial charge >= 0.3 is 0 Å². The number of aromatic nitrogens is 1. The first kappa shape index (κ1) is 19.5. The van der Waals surface area contributed by atoms with Crippen LogP contribution in [0.15, 0.2) is 46.9 Å². The number of thioether (sulfide) groups is 1. The van der Waals surface area contributed by atoms with E-state index < -0.39 is 0 Å². The van der Waals surface area contributed by atoms with Crippen molar-refractivity contribution >= 4 is 39.7 Å². The summed E-state index contributed by atoms with van der Waals surface area (Å²) < 4.78 is 5.90. The summed E-state index contributed by atoms with van der Waals surface area (Å²) in [5.74, 6) is 0.435. The molecule has 0 radical (unpaired) electrons. The minimum absolute atomic E-state index is 0.228. The van der Waals surface area contributed by atoms with Crippen LogP contribution in [0.4, 0.5) is 10.5 Å². The second-order valence-electron chi connectivity index (χ2n) is 7.01. The van der Waals surface area contributed by atoms with Crippen molar-refractivity contribution in [1.29, 1.82) is 0 Å². The Labute approximate surface area is 173 Å². The molecule has 1 aliphatic heterocycles. The third-order valence-electron chi connectivity index (χ3n) is 5.10. The van der Waals surface area contributed by atoms with E-state index in [1.165, 1.54) is 5.69 Å². The smallest absolute Gasteiger partial charge is 0.286 e. The number of imide groups is 1. The lowest BCUT2D eigenvalue weighted by atomic mass is 10.1. The number of benzene rings is 2. The van der Waals surface area contributed by atoms with Gasteiger partial charge in [-0.05, 0) is 55.7 Å². The van der Waals surface area contributed by atoms with Gasteiger partial charge in [-0.2, -0.15) is 0 Å². The van der Waals surface area contributed by atoms with Crippen molar-refractivity contribution in [2.24, 2.45) is 0 Å². The first-order valence-corrected chi connectivity index (χ1v) is 10.7. The highest BCUT2D eigenvalue weighted by Gasteiger charge is 2.31. The molecule has 3 aromatic rings. The molecule has 6 nitrogen and oxygen atoms in total. The molecule has 0 bridgehead atoms. The van der Waals surface area contributed by atoms with Crippen LogP contribution < -0.4 is 10.2 Å². The van der Waals surface area contributed by atoms with E-state index in [1.54, 1.807) is 0 Å². The summed E-state index contributed by atoms with van der Waals surface area (Å²) in [4.78, 5) is 30.0. The van der Waals surface area contributed by atoms with Gasteiger partial charge in [0.25, 0.3) is 5.24 Å². The number of rotatable bonds is 7. The van der Waals surface area contributed by atoms with Gasteiger partial charge in [0.15, 0.2) is 11.5 Å². The zero-order chi connectivity index (χ0) is 20.4. The Morgan fingerprint density at radius 3 is 2.45 bits per heavy atom. The molecule has 1 atom stereocenters. The molecule has 4 rings (SSSR count). The van der Waals surface area contributed by atoms with Crippen LogP contribution in [0.5, 0.6) is 0 Å². The number of nitrogens with zero attached hydrogens (tertiary/aromatic N) is 2. The van der Waals surface area contributed by atoms with Crippen LogP contribution in [0.2, 0.25) is 0 Å². The van der Waals surface area contributed by atoms with E-state index >= 15 is 0 Å². The zero-order valence-corrected chi connectivity index (χ0v) is 17.3. The Balaban J connectivity index is 1.47. The average Bonchev–Trinajstić information content (AvgIpc) is 3.25. The fraction of sp³-hybridized carbons (Fsp3) is 0.318. The maximum atomic E-state index is 11.8. The van der Waals surface area contributed by atoms with Gasteiger partial charge < -0.3 is 9.32 Å². The Hall–Kier alpha value is -2.80. The minimum atomic E-state index is -0.379. The summed E-state index contributed by atoms with van der Waals surface area (Å²) >= 11 is 1.04. The lowest BCUT2D eigenvalue weighted by molar-refractivity contribution is -0.118. The Bertz CT molecular complexity index is 1040. The van der Waals surface area contributed by atoms with Crippen LogP contribution >= 0.6 is 11.8 Å². The molecule has 150 valence electrons. The van der Waals surface area contributed by atoms with E-state index in [4.69, 9.17) is 4.42 Å². The fourth-order valence-electron chi connectivity index (χ4n) is 3.55. The summed E-state index contributed by atoms with van der Waals surface area (Å²) in [5.41, 5.74) is 4.82. The number of hydrogen-bond donors (Lipinski definition) is 1. The predicted molar refractivity (Wildman–Crippen MR) is 115 cm³/mol. The molecule has 0 spiro atoms. The number of carbonyl (C=O) groups excluding carboxylic acids is 2. The largest absolute Gasteiger partial charge is 0.440 e. The molecule has 1 fully saturated rings. The van der Waals surface area contributed by atoms with Crippen molar-refractivity contribution in [3.63, 3.8) is 0 Å². The van der Waals surface area contributed by atoms with Crippen LogP contribution in [0.3, 0.4) is 0 Å². The Morgan fingerprint density at radius 1 is 1.07 bits per heavy atom. The predicted octanol–water partition coefficient (Wildman–Crippen LogP) is 4.16. The van der Waals surface area contributed by atoms with Gasteiger partial charge in [-0.3, -0.25) is 14.9 Å². The highest BCUT2D eigenvalue weighted by Crippen LogP contribution is 2.26. The van der Waals surface area contributed by atoms with Gasteiger partial charge in [0.1, 0.15) is 5.52 Å². The molecule has 1 N–H and O–H groups in total. The lowest BCUT2D eigenvalue weighted by Crippen LogP contribution is -2.25. The number of oxazole rings is 1. The van der Waals surface area contributed by atoms with Crippen molar-refractivity contribution in [2.75, 3.05) is 18.0 Å². The topological polar surface area (TPSA) is 75.4 Å². The average molecular weight is 410 g/mol. The van der Waals surface area contributed by atoms with E-state index in [9.17, 15) is 9.59 Å². The van der Waals surface area contributed by atoms with Crippen molar-refractivity contribution in [2.45, 2.75) is 31.9 Å². The van der Waals surface area contributed by atoms with E-state index in [1.807, 2.05) is 18.2 Å². The SMILES string of the molecule is CCN(CC)c1ccc(Cc2nc3cc(CC4SC(=O)NC4=O)ccc3o2)cc1. The standard InChI is InChI=1S/C22H23N3O3S/c1-3-25(4-2)16-8-5-14(6-9-16)13-20-23-17-11-15(7-10-18(17)28-20)12-19-21(26)24-22(27)29-19/h5-11,19H,3-4,12-13H2,1-2H3,(H,24,26,27). The second kappa shape index (κ2) is 8.29. The molecule has 1 aromatic heterocycles. The third-order valence-corrected chi connectivity index (χ3v) is 6.09. The van der Waals surface area contributed by atoms with Crippen LogP contribution in [-0.4, -0.2) is 34.5 Å². The number of carbonyl (C=O) groups is 2. The summed E-state index contributed by atoms with van der Waals surface area (Å²) in [6.45, 7) is 6.27. The highest BCUT2D eigenvalue weighted by atomic mass is 32.2. The summed E-state index contributed by atoms with van der Waals surface area (Å²) in [5, 5.41) is 1.66. The van der Waals surface area contributed by atoms with Crippen molar-refractivity contribution in [1.82, 2.24) is 10.3 Å². The van der Waals surface area contributed by atoms with Gasteiger partial charge in [0.05, 0.1) is 5.25 Å². The van der Waals surface area contributed by atoms with Crippen LogP contribution in [0.25, 0.3) is 11.1 Å². The molecule has 0 saturated carbocycles. The van der Waals surface area contributed by atoms with E-state index in [0.717, 1.165) is 47.1 Å². The van der Waals surface area contributed by atoms with Gasteiger partial charge in [-0.25, -0.2) is 4.98 Å². The molecule has 0 aliphatic carbocycles. The molecule has 29 heavy (non-hydrogen) atoms. The van der Waals surface area contributed by atoms with Gasteiger partial charge in [0.2, 0.25) is 5.91 Å². The lowest BCUT2D eigenvalue weighted by Gasteiger charge is -2.21. The minimum Gasteiger partial charge on any atom is -0.440 e. The normalized spacial score (nSPS) is 16.4. The quantitative estimate of drug-likeness (QED) is 0.632.